The molecule has 1 aromatic carbocycles. The number of hydrogen-bond acceptors (Lipinski definition) is 5. The van der Waals surface area contributed by atoms with E-state index >= 15 is 0 Å². The van der Waals surface area contributed by atoms with Gasteiger partial charge in [0, 0.05) is 35.3 Å². The summed E-state index contributed by atoms with van der Waals surface area (Å²) in [6.45, 7) is 7.11. The number of piperidine rings is 1. The zero-order valence-electron chi connectivity index (χ0n) is 16.9. The van der Waals surface area contributed by atoms with E-state index < -0.39 is 10.0 Å². The summed E-state index contributed by atoms with van der Waals surface area (Å²) in [5.74, 6) is -0.0716. The van der Waals surface area contributed by atoms with Gasteiger partial charge in [-0.05, 0) is 82.1 Å². The zero-order chi connectivity index (χ0) is 21.0. The van der Waals surface area contributed by atoms with Crippen molar-refractivity contribution in [3.8, 4) is 0 Å². The minimum atomic E-state index is -3.79. The molecule has 1 amide bonds. The first kappa shape index (κ1) is 21.1. The van der Waals surface area contributed by atoms with E-state index in [-0.39, 0.29) is 16.7 Å². The lowest BCUT2D eigenvalue weighted by atomic mass is 9.94. The quantitative estimate of drug-likeness (QED) is 0.732. The molecule has 1 saturated heterocycles. The van der Waals surface area contributed by atoms with Crippen LogP contribution < -0.4 is 10.6 Å². The smallest absolute Gasteiger partial charge is 0.282 e. The molecule has 1 fully saturated rings. The second-order valence-electron chi connectivity index (χ2n) is 7.35. The number of nitrogens with one attached hydrogen (secondary N) is 2. The molecule has 2 heterocycles. The lowest BCUT2D eigenvalue weighted by molar-refractivity contribution is 0.102. The van der Waals surface area contributed by atoms with Gasteiger partial charge in [0.05, 0.1) is 4.90 Å². The molecule has 2 N–H and O–H groups in total. The number of aromatic nitrogens is 1. The van der Waals surface area contributed by atoms with E-state index in [1.165, 1.54) is 6.07 Å². The standard InChI is InChI=1S/C21H26N4O3S/c1-14-12-18(29(27,28)25-16(3)17-6-9-22-10-7-17)4-5-20(14)24-21(26)19-8-11-23-13-15(19)2/h4-5,8,11-13,17,22H,6-7,9-10H2,1-3H3,(H,24,26)/b25-16-. The molecule has 0 bridgehead atoms. The molecule has 0 saturated carbocycles. The van der Waals surface area contributed by atoms with Crippen LogP contribution in [0.3, 0.4) is 0 Å². The van der Waals surface area contributed by atoms with E-state index in [9.17, 15) is 13.2 Å². The van der Waals surface area contributed by atoms with Gasteiger partial charge in [-0.15, -0.1) is 0 Å². The molecule has 154 valence electrons. The molecule has 29 heavy (non-hydrogen) atoms. The Balaban J connectivity index is 1.79. The van der Waals surface area contributed by atoms with Gasteiger partial charge in [0.2, 0.25) is 0 Å². The van der Waals surface area contributed by atoms with Crippen LogP contribution in [-0.4, -0.2) is 38.1 Å². The van der Waals surface area contributed by atoms with Crippen molar-refractivity contribution in [2.24, 2.45) is 10.3 Å². The topological polar surface area (TPSA) is 101 Å². The monoisotopic (exact) mass is 414 g/mol. The lowest BCUT2D eigenvalue weighted by Gasteiger charge is -2.22. The summed E-state index contributed by atoms with van der Waals surface area (Å²) in [4.78, 5) is 16.6. The molecule has 0 unspecified atom stereocenters. The summed E-state index contributed by atoms with van der Waals surface area (Å²) < 4.78 is 29.5. The van der Waals surface area contributed by atoms with Crippen LogP contribution in [0.2, 0.25) is 0 Å². The van der Waals surface area contributed by atoms with Crippen molar-refractivity contribution in [3.05, 3.63) is 53.3 Å². The molecule has 8 heteroatoms. The maximum absolute atomic E-state index is 12.7. The van der Waals surface area contributed by atoms with E-state index in [4.69, 9.17) is 0 Å². The fourth-order valence-electron chi connectivity index (χ4n) is 3.41. The summed E-state index contributed by atoms with van der Waals surface area (Å²) in [6, 6.07) is 6.28. The van der Waals surface area contributed by atoms with Crippen LogP contribution in [0.4, 0.5) is 5.69 Å². The molecule has 0 atom stereocenters. The molecule has 1 aromatic heterocycles. The molecule has 0 spiro atoms. The molecule has 1 aliphatic rings. The second-order valence-corrected chi connectivity index (χ2v) is 8.96. The number of carbonyl (C=O) groups is 1. The average Bonchev–Trinajstić information content (AvgIpc) is 2.70. The van der Waals surface area contributed by atoms with Crippen LogP contribution in [0.25, 0.3) is 0 Å². The number of carbonyl (C=O) groups excluding carboxylic acids is 1. The van der Waals surface area contributed by atoms with Crippen LogP contribution in [0.15, 0.2) is 46.0 Å². The van der Waals surface area contributed by atoms with Gasteiger partial charge < -0.3 is 10.6 Å². The Morgan fingerprint density at radius 3 is 2.55 bits per heavy atom. The summed E-state index contributed by atoms with van der Waals surface area (Å²) in [5, 5.41) is 6.10. The summed E-state index contributed by atoms with van der Waals surface area (Å²) >= 11 is 0. The number of amides is 1. The molecular weight excluding hydrogens is 388 g/mol. The molecule has 0 aliphatic carbocycles. The highest BCUT2D eigenvalue weighted by Gasteiger charge is 2.21. The minimum absolute atomic E-state index is 0.126. The maximum Gasteiger partial charge on any atom is 0.282 e. The number of anilines is 1. The SMILES string of the molecule is C/C(=N/S(=O)(=O)c1ccc(NC(=O)c2ccncc2C)c(C)c1)C1CCNCC1. The van der Waals surface area contributed by atoms with E-state index in [0.717, 1.165) is 31.5 Å². The van der Waals surface area contributed by atoms with Crippen molar-refractivity contribution in [2.75, 3.05) is 18.4 Å². The van der Waals surface area contributed by atoms with Crippen molar-refractivity contribution >= 4 is 27.3 Å². The first-order valence-electron chi connectivity index (χ1n) is 9.63. The van der Waals surface area contributed by atoms with Crippen LogP contribution >= 0.6 is 0 Å². The number of sulfonamides is 1. The summed E-state index contributed by atoms with van der Waals surface area (Å²) in [6.07, 6.45) is 4.97. The van der Waals surface area contributed by atoms with E-state index in [1.54, 1.807) is 44.4 Å². The average molecular weight is 415 g/mol. The molecule has 7 nitrogen and oxygen atoms in total. The Bertz CT molecular complexity index is 1040. The highest BCUT2D eigenvalue weighted by atomic mass is 32.2. The maximum atomic E-state index is 12.7. The highest BCUT2D eigenvalue weighted by molar-refractivity contribution is 7.90. The Labute approximate surface area is 171 Å². The van der Waals surface area contributed by atoms with Gasteiger partial charge in [-0.2, -0.15) is 12.8 Å². The third kappa shape index (κ3) is 5.07. The van der Waals surface area contributed by atoms with Gasteiger partial charge in [0.15, 0.2) is 0 Å². The van der Waals surface area contributed by atoms with Gasteiger partial charge in [0.1, 0.15) is 0 Å². The van der Waals surface area contributed by atoms with E-state index in [0.29, 0.717) is 22.5 Å². The first-order valence-corrected chi connectivity index (χ1v) is 11.1. The largest absolute Gasteiger partial charge is 0.322 e. The lowest BCUT2D eigenvalue weighted by Crippen LogP contribution is -2.31. The third-order valence-corrected chi connectivity index (χ3v) is 6.58. The predicted molar refractivity (Wildman–Crippen MR) is 114 cm³/mol. The normalized spacial score (nSPS) is 15.9. The molecule has 1 aliphatic heterocycles. The Hall–Kier alpha value is -2.58. The van der Waals surface area contributed by atoms with Crippen LogP contribution in [-0.2, 0) is 10.0 Å². The Morgan fingerprint density at radius 1 is 1.17 bits per heavy atom. The van der Waals surface area contributed by atoms with Gasteiger partial charge in [-0.1, -0.05) is 0 Å². The summed E-state index contributed by atoms with van der Waals surface area (Å²) in [7, 11) is -3.79. The van der Waals surface area contributed by atoms with Crippen molar-refractivity contribution in [3.63, 3.8) is 0 Å². The number of pyridine rings is 1. The van der Waals surface area contributed by atoms with Crippen molar-refractivity contribution in [1.29, 1.82) is 0 Å². The highest BCUT2D eigenvalue weighted by Crippen LogP contribution is 2.23. The summed E-state index contributed by atoms with van der Waals surface area (Å²) in [5.41, 5.74) is 3.16. The van der Waals surface area contributed by atoms with Gasteiger partial charge >= 0.3 is 0 Å². The number of aryl methyl sites for hydroxylation is 2. The van der Waals surface area contributed by atoms with Gasteiger partial charge in [-0.25, -0.2) is 0 Å². The number of hydrogen-bond donors (Lipinski definition) is 2. The van der Waals surface area contributed by atoms with Gasteiger partial charge in [0.25, 0.3) is 15.9 Å². The van der Waals surface area contributed by atoms with Gasteiger partial charge in [-0.3, -0.25) is 9.78 Å². The van der Waals surface area contributed by atoms with Crippen molar-refractivity contribution in [2.45, 2.75) is 38.5 Å². The molecule has 0 radical (unpaired) electrons. The first-order chi connectivity index (χ1) is 13.8. The fourth-order valence-corrected chi connectivity index (χ4v) is 4.61. The molecule has 2 aromatic rings. The number of nitrogens with zero attached hydrogens (tertiary/aromatic N) is 2. The van der Waals surface area contributed by atoms with Crippen molar-refractivity contribution in [1.82, 2.24) is 10.3 Å². The van der Waals surface area contributed by atoms with Crippen molar-refractivity contribution < 1.29 is 13.2 Å². The minimum Gasteiger partial charge on any atom is -0.322 e. The third-order valence-electron chi connectivity index (χ3n) is 5.20. The van der Waals surface area contributed by atoms with Crippen LogP contribution in [0.1, 0.15) is 41.3 Å². The van der Waals surface area contributed by atoms with E-state index in [1.807, 2.05) is 6.92 Å². The molecule has 3 rings (SSSR count). The Morgan fingerprint density at radius 2 is 1.90 bits per heavy atom. The number of rotatable bonds is 5. The zero-order valence-corrected chi connectivity index (χ0v) is 17.7. The van der Waals surface area contributed by atoms with Crippen LogP contribution in [0.5, 0.6) is 0 Å². The second kappa shape index (κ2) is 8.84. The fraction of sp³-hybridized carbons (Fsp3) is 0.381. The Kier molecular flexibility index (Phi) is 6.44. The van der Waals surface area contributed by atoms with E-state index in [2.05, 4.69) is 20.0 Å². The molecular formula is C21H26N4O3S. The predicted octanol–water partition coefficient (Wildman–Crippen LogP) is 3.10. The van der Waals surface area contributed by atoms with Crippen LogP contribution in [0, 0.1) is 19.8 Å². The number of benzene rings is 1.